The number of fused-ring (bicyclic) bond motifs is 1. The number of aromatic nitrogens is 2. The van der Waals surface area contributed by atoms with E-state index in [9.17, 15) is 0 Å². The maximum atomic E-state index is 4.26. The first-order chi connectivity index (χ1) is 5.79. The van der Waals surface area contributed by atoms with Crippen molar-refractivity contribution < 1.29 is 0 Å². The number of hydrogen-bond donors (Lipinski definition) is 0. The summed E-state index contributed by atoms with van der Waals surface area (Å²) in [4.78, 5) is 4.26. The number of pyridine rings is 1. The minimum atomic E-state index is 0.982. The Kier molecular flexibility index (Phi) is 1.47. The third-order valence-corrected chi connectivity index (χ3v) is 1.85. The first kappa shape index (κ1) is 7.10. The molecule has 0 bridgehead atoms. The van der Waals surface area contributed by atoms with Gasteiger partial charge in [-0.2, -0.15) is 0 Å². The van der Waals surface area contributed by atoms with Crippen LogP contribution in [0.4, 0.5) is 0 Å². The Morgan fingerprint density at radius 2 is 2.33 bits per heavy atom. The second kappa shape index (κ2) is 2.48. The summed E-state index contributed by atoms with van der Waals surface area (Å²) in [6.45, 7) is 5.84. The van der Waals surface area contributed by atoms with Crippen molar-refractivity contribution in [2.75, 3.05) is 0 Å². The fourth-order valence-electron chi connectivity index (χ4n) is 1.27. The predicted octanol–water partition coefficient (Wildman–Crippen LogP) is 2.37. The first-order valence-electron chi connectivity index (χ1n) is 3.86. The molecule has 0 saturated heterocycles. The zero-order chi connectivity index (χ0) is 8.55. The van der Waals surface area contributed by atoms with E-state index in [1.165, 1.54) is 0 Å². The molecule has 0 unspecified atom stereocenters. The maximum Gasteiger partial charge on any atom is 0.0999 e. The molecule has 60 valence electrons. The second-order valence-corrected chi connectivity index (χ2v) is 2.87. The smallest absolute Gasteiger partial charge is 0.0999 e. The number of hydrogen-bond acceptors (Lipinski definition) is 1. The van der Waals surface area contributed by atoms with E-state index in [2.05, 4.69) is 11.6 Å². The van der Waals surface area contributed by atoms with Crippen LogP contribution in [0, 0.1) is 0 Å². The van der Waals surface area contributed by atoms with Gasteiger partial charge >= 0.3 is 0 Å². The SMILES string of the molecule is C=C(C)c1ncn2ccccc12. The Balaban J connectivity index is 2.79. The summed E-state index contributed by atoms with van der Waals surface area (Å²) in [5.74, 6) is 0. The quantitative estimate of drug-likeness (QED) is 0.622. The lowest BCUT2D eigenvalue weighted by atomic mass is 10.2. The first-order valence-corrected chi connectivity index (χ1v) is 3.86. The molecule has 0 aliphatic carbocycles. The molecule has 2 aromatic rings. The molecule has 12 heavy (non-hydrogen) atoms. The zero-order valence-electron chi connectivity index (χ0n) is 6.99. The normalized spacial score (nSPS) is 10.4. The van der Waals surface area contributed by atoms with Crippen LogP contribution in [-0.2, 0) is 0 Å². The van der Waals surface area contributed by atoms with E-state index in [0.717, 1.165) is 16.8 Å². The molecule has 2 aromatic heterocycles. The molecule has 0 saturated carbocycles. The van der Waals surface area contributed by atoms with Gasteiger partial charge in [0.1, 0.15) is 0 Å². The Bertz CT molecular complexity index is 426. The lowest BCUT2D eigenvalue weighted by Gasteiger charge is -1.94. The van der Waals surface area contributed by atoms with Crippen molar-refractivity contribution in [3.8, 4) is 0 Å². The Labute approximate surface area is 71.2 Å². The molecule has 2 heteroatoms. The van der Waals surface area contributed by atoms with Gasteiger partial charge in [-0.3, -0.25) is 0 Å². The average Bonchev–Trinajstić information content (AvgIpc) is 2.47. The van der Waals surface area contributed by atoms with Gasteiger partial charge in [-0.05, 0) is 24.6 Å². The van der Waals surface area contributed by atoms with Crippen LogP contribution in [0.1, 0.15) is 12.6 Å². The topological polar surface area (TPSA) is 17.3 Å². The van der Waals surface area contributed by atoms with Gasteiger partial charge in [0.05, 0.1) is 17.5 Å². The number of nitrogens with zero attached hydrogens (tertiary/aromatic N) is 2. The summed E-state index contributed by atoms with van der Waals surface area (Å²) in [5, 5.41) is 0. The van der Waals surface area contributed by atoms with Crippen LogP contribution >= 0.6 is 0 Å². The van der Waals surface area contributed by atoms with Crippen LogP contribution < -0.4 is 0 Å². The molecule has 0 amide bonds. The molecule has 0 N–H and O–H groups in total. The fourth-order valence-corrected chi connectivity index (χ4v) is 1.27. The summed E-state index contributed by atoms with van der Waals surface area (Å²) >= 11 is 0. The third-order valence-electron chi connectivity index (χ3n) is 1.85. The highest BCUT2D eigenvalue weighted by molar-refractivity contribution is 5.73. The van der Waals surface area contributed by atoms with Crippen LogP contribution in [0.5, 0.6) is 0 Å². The molecule has 2 heterocycles. The minimum Gasteiger partial charge on any atom is -0.306 e. The number of rotatable bonds is 1. The van der Waals surface area contributed by atoms with E-state index in [4.69, 9.17) is 0 Å². The second-order valence-electron chi connectivity index (χ2n) is 2.87. The number of imidazole rings is 1. The fraction of sp³-hybridized carbons (Fsp3) is 0.100. The van der Waals surface area contributed by atoms with Crippen LogP contribution in [-0.4, -0.2) is 9.38 Å². The summed E-state index contributed by atoms with van der Waals surface area (Å²) in [5.41, 5.74) is 3.10. The molecule has 0 radical (unpaired) electrons. The van der Waals surface area contributed by atoms with Crippen molar-refractivity contribution in [2.24, 2.45) is 0 Å². The lowest BCUT2D eigenvalue weighted by molar-refractivity contribution is 1.15. The van der Waals surface area contributed by atoms with E-state index in [1.807, 2.05) is 35.7 Å². The van der Waals surface area contributed by atoms with Gasteiger partial charge < -0.3 is 4.40 Å². The summed E-state index contributed by atoms with van der Waals surface area (Å²) < 4.78 is 1.99. The number of allylic oxidation sites excluding steroid dienone is 1. The van der Waals surface area contributed by atoms with Gasteiger partial charge in [0, 0.05) is 6.20 Å². The third kappa shape index (κ3) is 0.925. The Hall–Kier alpha value is -1.57. The lowest BCUT2D eigenvalue weighted by Crippen LogP contribution is -1.81. The summed E-state index contributed by atoms with van der Waals surface area (Å²) in [6, 6.07) is 6.03. The van der Waals surface area contributed by atoms with Crippen molar-refractivity contribution in [3.05, 3.63) is 43.0 Å². The maximum absolute atomic E-state index is 4.26. The van der Waals surface area contributed by atoms with E-state index >= 15 is 0 Å². The van der Waals surface area contributed by atoms with Crippen LogP contribution in [0.25, 0.3) is 11.1 Å². The monoisotopic (exact) mass is 158 g/mol. The van der Waals surface area contributed by atoms with Crippen molar-refractivity contribution >= 4 is 11.1 Å². The van der Waals surface area contributed by atoms with Crippen LogP contribution in [0.2, 0.25) is 0 Å². The largest absolute Gasteiger partial charge is 0.306 e. The molecule has 2 nitrogen and oxygen atoms in total. The minimum absolute atomic E-state index is 0.982. The molecular formula is C10H10N2. The van der Waals surface area contributed by atoms with Gasteiger partial charge in [-0.1, -0.05) is 12.6 Å². The molecular weight excluding hydrogens is 148 g/mol. The molecule has 0 aromatic carbocycles. The van der Waals surface area contributed by atoms with Crippen LogP contribution in [0.3, 0.4) is 0 Å². The van der Waals surface area contributed by atoms with Gasteiger partial charge in [0.15, 0.2) is 0 Å². The van der Waals surface area contributed by atoms with Crippen molar-refractivity contribution in [1.82, 2.24) is 9.38 Å². The predicted molar refractivity (Wildman–Crippen MR) is 49.9 cm³/mol. The van der Waals surface area contributed by atoms with Crippen molar-refractivity contribution in [1.29, 1.82) is 0 Å². The van der Waals surface area contributed by atoms with E-state index in [1.54, 1.807) is 6.33 Å². The van der Waals surface area contributed by atoms with Crippen LogP contribution in [0.15, 0.2) is 37.3 Å². The molecule has 0 aliphatic rings. The van der Waals surface area contributed by atoms with E-state index in [-0.39, 0.29) is 0 Å². The van der Waals surface area contributed by atoms with Crippen molar-refractivity contribution in [3.63, 3.8) is 0 Å². The van der Waals surface area contributed by atoms with Gasteiger partial charge in [-0.15, -0.1) is 0 Å². The Morgan fingerprint density at radius 3 is 3.08 bits per heavy atom. The summed E-state index contributed by atoms with van der Waals surface area (Å²) in [6.07, 6.45) is 3.79. The van der Waals surface area contributed by atoms with Gasteiger partial charge in [0.2, 0.25) is 0 Å². The molecule has 0 aliphatic heterocycles. The van der Waals surface area contributed by atoms with Gasteiger partial charge in [-0.25, -0.2) is 4.98 Å². The van der Waals surface area contributed by atoms with Crippen molar-refractivity contribution in [2.45, 2.75) is 6.92 Å². The molecule has 2 rings (SSSR count). The highest BCUT2D eigenvalue weighted by Gasteiger charge is 2.01. The highest BCUT2D eigenvalue weighted by Crippen LogP contribution is 2.15. The molecule has 0 spiro atoms. The standard InChI is InChI=1S/C10H10N2/c1-8(2)10-9-5-3-4-6-12(9)7-11-10/h3-7H,1H2,2H3. The van der Waals surface area contributed by atoms with E-state index in [0.29, 0.717) is 0 Å². The average molecular weight is 158 g/mol. The van der Waals surface area contributed by atoms with Gasteiger partial charge in [0.25, 0.3) is 0 Å². The highest BCUT2D eigenvalue weighted by atomic mass is 15.0. The van der Waals surface area contributed by atoms with E-state index < -0.39 is 0 Å². The summed E-state index contributed by atoms with van der Waals surface area (Å²) in [7, 11) is 0. The zero-order valence-corrected chi connectivity index (χ0v) is 6.99. The Morgan fingerprint density at radius 1 is 1.50 bits per heavy atom. The molecule has 0 atom stereocenters. The molecule has 0 fully saturated rings.